The van der Waals surface area contributed by atoms with Gasteiger partial charge in [-0.3, -0.25) is 9.59 Å². The summed E-state index contributed by atoms with van der Waals surface area (Å²) in [6.45, 7) is 8.29. The van der Waals surface area contributed by atoms with Crippen LogP contribution in [0.2, 0.25) is 10.0 Å². The summed E-state index contributed by atoms with van der Waals surface area (Å²) in [5.74, 6) is 0.321. The predicted octanol–water partition coefficient (Wildman–Crippen LogP) is 5.44. The van der Waals surface area contributed by atoms with Crippen molar-refractivity contribution in [3.05, 3.63) is 69.0 Å². The van der Waals surface area contributed by atoms with E-state index in [0.29, 0.717) is 28.1 Å². The van der Waals surface area contributed by atoms with E-state index in [4.69, 9.17) is 23.2 Å². The van der Waals surface area contributed by atoms with E-state index < -0.39 is 6.04 Å². The minimum absolute atomic E-state index is 0.122. The Morgan fingerprint density at radius 1 is 1.12 bits per heavy atom. The maximum atomic E-state index is 12.7. The molecule has 2 N–H and O–H groups in total. The van der Waals surface area contributed by atoms with Gasteiger partial charge in [-0.1, -0.05) is 53.2 Å². The van der Waals surface area contributed by atoms with Gasteiger partial charge in [0.2, 0.25) is 5.91 Å². The first-order valence-corrected chi connectivity index (χ1v) is 12.1. The van der Waals surface area contributed by atoms with E-state index in [1.165, 1.54) is 17.8 Å². The van der Waals surface area contributed by atoms with Crippen molar-refractivity contribution in [2.75, 3.05) is 11.1 Å². The summed E-state index contributed by atoms with van der Waals surface area (Å²) in [5, 5.41) is 15.7. The van der Waals surface area contributed by atoms with Crippen LogP contribution in [0.5, 0.6) is 0 Å². The molecule has 0 aliphatic rings. The fourth-order valence-electron chi connectivity index (χ4n) is 3.35. The van der Waals surface area contributed by atoms with Gasteiger partial charge in [0.25, 0.3) is 5.91 Å². The third-order valence-electron chi connectivity index (χ3n) is 5.05. The number of hydrogen-bond donors (Lipinski definition) is 2. The standard InChI is InChI=1S/C23H25Cl2N5O2S/c1-5-30-21(15(4)26-22(32)17-10-9-16(24)11-18(17)25)28-29-23(30)33-12-19(31)27-20-13(2)7-6-8-14(20)3/h6-11,15H,5,12H2,1-4H3,(H,26,32)(H,27,31)/t15-/m1/s1. The average molecular weight is 506 g/mol. The van der Waals surface area contributed by atoms with Crippen molar-refractivity contribution in [2.45, 2.75) is 45.4 Å². The van der Waals surface area contributed by atoms with Gasteiger partial charge in [-0.15, -0.1) is 10.2 Å². The van der Waals surface area contributed by atoms with Crippen LogP contribution in [0.4, 0.5) is 5.69 Å². The van der Waals surface area contributed by atoms with Gasteiger partial charge < -0.3 is 15.2 Å². The number of aryl methyl sites for hydroxylation is 2. The van der Waals surface area contributed by atoms with Crippen LogP contribution in [-0.2, 0) is 11.3 Å². The lowest BCUT2D eigenvalue weighted by atomic mass is 10.1. The third-order valence-corrected chi connectivity index (χ3v) is 6.56. The molecule has 3 aromatic rings. The van der Waals surface area contributed by atoms with E-state index in [-0.39, 0.29) is 22.6 Å². The smallest absolute Gasteiger partial charge is 0.253 e. The number of nitrogens with one attached hydrogen (secondary N) is 2. The largest absolute Gasteiger partial charge is 0.342 e. The van der Waals surface area contributed by atoms with Crippen LogP contribution < -0.4 is 10.6 Å². The Labute approximate surface area is 207 Å². The highest BCUT2D eigenvalue weighted by molar-refractivity contribution is 7.99. The molecule has 7 nitrogen and oxygen atoms in total. The van der Waals surface area contributed by atoms with Gasteiger partial charge in [0.05, 0.1) is 22.4 Å². The molecule has 0 aliphatic heterocycles. The number of thioether (sulfide) groups is 1. The number of anilines is 1. The summed E-state index contributed by atoms with van der Waals surface area (Å²) in [4.78, 5) is 25.2. The number of carbonyl (C=O) groups is 2. The number of benzene rings is 2. The average Bonchev–Trinajstić information content (AvgIpc) is 3.18. The normalized spacial score (nSPS) is 11.8. The second-order valence-corrected chi connectivity index (χ2v) is 9.29. The highest BCUT2D eigenvalue weighted by atomic mass is 35.5. The zero-order chi connectivity index (χ0) is 24.1. The number of carbonyl (C=O) groups excluding carboxylic acids is 2. The Morgan fingerprint density at radius 3 is 2.45 bits per heavy atom. The van der Waals surface area contributed by atoms with E-state index in [0.717, 1.165) is 16.8 Å². The molecule has 0 unspecified atom stereocenters. The number of rotatable bonds is 8. The molecular weight excluding hydrogens is 481 g/mol. The van der Waals surface area contributed by atoms with Crippen LogP contribution in [-0.4, -0.2) is 32.3 Å². The van der Waals surface area contributed by atoms with E-state index in [9.17, 15) is 9.59 Å². The third kappa shape index (κ3) is 6.07. The highest BCUT2D eigenvalue weighted by Crippen LogP contribution is 2.24. The van der Waals surface area contributed by atoms with Crippen LogP contribution >= 0.6 is 35.0 Å². The van der Waals surface area contributed by atoms with Gasteiger partial charge in [-0.25, -0.2) is 0 Å². The molecule has 10 heteroatoms. The Bertz CT molecular complexity index is 1160. The fraction of sp³-hybridized carbons (Fsp3) is 0.304. The second kappa shape index (κ2) is 11.0. The molecule has 2 amide bonds. The number of halogens is 2. The van der Waals surface area contributed by atoms with Gasteiger partial charge in [0, 0.05) is 17.3 Å². The first kappa shape index (κ1) is 25.1. The molecule has 0 aliphatic carbocycles. The topological polar surface area (TPSA) is 88.9 Å². The molecule has 0 saturated heterocycles. The lowest BCUT2D eigenvalue weighted by Crippen LogP contribution is -2.29. The fourth-order valence-corrected chi connectivity index (χ4v) is 4.66. The van der Waals surface area contributed by atoms with Crippen molar-refractivity contribution in [1.82, 2.24) is 20.1 Å². The molecule has 0 spiro atoms. The molecule has 0 radical (unpaired) electrons. The van der Waals surface area contributed by atoms with E-state index in [2.05, 4.69) is 20.8 Å². The summed E-state index contributed by atoms with van der Waals surface area (Å²) in [7, 11) is 0. The lowest BCUT2D eigenvalue weighted by molar-refractivity contribution is -0.113. The minimum atomic E-state index is -0.422. The number of aromatic nitrogens is 3. The van der Waals surface area contributed by atoms with Crippen molar-refractivity contribution in [3.8, 4) is 0 Å². The molecule has 1 atom stereocenters. The lowest BCUT2D eigenvalue weighted by Gasteiger charge is -2.16. The summed E-state index contributed by atoms with van der Waals surface area (Å²) >= 11 is 13.4. The number of amides is 2. The Kier molecular flexibility index (Phi) is 8.40. The van der Waals surface area contributed by atoms with Crippen LogP contribution in [0.25, 0.3) is 0 Å². The van der Waals surface area contributed by atoms with Gasteiger partial charge >= 0.3 is 0 Å². The molecule has 1 heterocycles. The molecule has 2 aromatic carbocycles. The Balaban J connectivity index is 1.66. The van der Waals surface area contributed by atoms with Gasteiger partial charge in [0.1, 0.15) is 0 Å². The van der Waals surface area contributed by atoms with E-state index in [1.807, 2.05) is 50.5 Å². The van der Waals surface area contributed by atoms with Crippen LogP contribution in [0.15, 0.2) is 41.6 Å². The quantitative estimate of drug-likeness (QED) is 0.397. The first-order valence-electron chi connectivity index (χ1n) is 10.4. The molecule has 0 fully saturated rings. The number of hydrogen-bond acceptors (Lipinski definition) is 5. The molecule has 0 bridgehead atoms. The van der Waals surface area contributed by atoms with Gasteiger partial charge in [0.15, 0.2) is 11.0 Å². The van der Waals surface area contributed by atoms with Gasteiger partial charge in [-0.05, 0) is 57.0 Å². The Morgan fingerprint density at radius 2 is 1.82 bits per heavy atom. The predicted molar refractivity (Wildman–Crippen MR) is 133 cm³/mol. The van der Waals surface area contributed by atoms with Crippen molar-refractivity contribution in [1.29, 1.82) is 0 Å². The zero-order valence-corrected chi connectivity index (χ0v) is 21.1. The monoisotopic (exact) mass is 505 g/mol. The second-order valence-electron chi connectivity index (χ2n) is 7.51. The molecule has 33 heavy (non-hydrogen) atoms. The summed E-state index contributed by atoms with van der Waals surface area (Å²) < 4.78 is 1.88. The van der Waals surface area contributed by atoms with E-state index >= 15 is 0 Å². The van der Waals surface area contributed by atoms with Crippen LogP contribution in [0.3, 0.4) is 0 Å². The SMILES string of the molecule is CCn1c(SCC(=O)Nc2c(C)cccc2C)nnc1[C@@H](C)NC(=O)c1ccc(Cl)cc1Cl. The molecule has 3 rings (SSSR count). The van der Waals surface area contributed by atoms with E-state index in [1.54, 1.807) is 12.1 Å². The van der Waals surface area contributed by atoms with Crippen LogP contribution in [0.1, 0.15) is 47.2 Å². The Hall–Kier alpha value is -2.55. The molecule has 174 valence electrons. The minimum Gasteiger partial charge on any atom is -0.342 e. The first-order chi connectivity index (χ1) is 15.7. The summed E-state index contributed by atoms with van der Waals surface area (Å²) in [6.07, 6.45) is 0. The molecule has 0 saturated carbocycles. The van der Waals surface area contributed by atoms with Crippen molar-refractivity contribution in [2.24, 2.45) is 0 Å². The van der Waals surface area contributed by atoms with Crippen molar-refractivity contribution in [3.63, 3.8) is 0 Å². The maximum absolute atomic E-state index is 12.7. The molecule has 1 aromatic heterocycles. The van der Waals surface area contributed by atoms with Crippen LogP contribution in [0, 0.1) is 13.8 Å². The maximum Gasteiger partial charge on any atom is 0.253 e. The highest BCUT2D eigenvalue weighted by Gasteiger charge is 2.21. The zero-order valence-electron chi connectivity index (χ0n) is 18.8. The summed E-state index contributed by atoms with van der Waals surface area (Å²) in [6, 6.07) is 10.2. The molecular formula is C23H25Cl2N5O2S. The number of nitrogens with zero attached hydrogens (tertiary/aromatic N) is 3. The summed E-state index contributed by atoms with van der Waals surface area (Å²) in [5.41, 5.74) is 3.18. The number of para-hydroxylation sites is 1. The van der Waals surface area contributed by atoms with Crippen molar-refractivity contribution < 1.29 is 9.59 Å². The van der Waals surface area contributed by atoms with Gasteiger partial charge in [-0.2, -0.15) is 0 Å². The van der Waals surface area contributed by atoms with Crippen molar-refractivity contribution >= 4 is 52.5 Å².